The summed E-state index contributed by atoms with van der Waals surface area (Å²) in [5.74, 6) is 0.558. The van der Waals surface area contributed by atoms with Crippen molar-refractivity contribution in [2.75, 3.05) is 0 Å². The lowest BCUT2D eigenvalue weighted by atomic mass is 9.93. The molecule has 3 heteroatoms. The number of benzene rings is 3. The lowest BCUT2D eigenvalue weighted by Gasteiger charge is -2.12. The van der Waals surface area contributed by atoms with Gasteiger partial charge in [-0.05, 0) is 50.3 Å². The highest BCUT2D eigenvalue weighted by Gasteiger charge is 2.19. The monoisotopic (exact) mass is 400 g/mol. The number of hydrogen-bond donors (Lipinski definition) is 0. The van der Waals surface area contributed by atoms with E-state index in [0.717, 1.165) is 0 Å². The van der Waals surface area contributed by atoms with Crippen molar-refractivity contribution in [1.29, 1.82) is 0 Å². The highest BCUT2D eigenvalue weighted by Crippen LogP contribution is 2.47. The first-order valence-corrected chi connectivity index (χ1v) is 9.60. The molecule has 0 spiro atoms. The van der Waals surface area contributed by atoms with Crippen molar-refractivity contribution in [2.45, 2.75) is 12.8 Å². The van der Waals surface area contributed by atoms with E-state index in [-0.39, 0.29) is 0 Å². The number of rotatable bonds is 2. The van der Waals surface area contributed by atoms with Crippen LogP contribution in [-0.2, 0) is 5.88 Å². The van der Waals surface area contributed by atoms with Crippen LogP contribution in [0.25, 0.3) is 32.0 Å². The molecule has 23 heavy (non-hydrogen) atoms. The largest absolute Gasteiger partial charge is 0.138 e. The second-order valence-electron chi connectivity index (χ2n) is 5.59. The average Bonchev–Trinajstić information content (AvgIpc) is 2.93. The Bertz CT molecular complexity index is 1020. The van der Waals surface area contributed by atoms with E-state index in [1.165, 1.54) is 46.9 Å². The molecule has 0 amide bonds. The molecule has 0 N–H and O–H groups in total. The van der Waals surface area contributed by atoms with E-state index in [1.807, 2.05) is 0 Å². The zero-order chi connectivity index (χ0) is 16.0. The van der Waals surface area contributed by atoms with E-state index >= 15 is 0 Å². The van der Waals surface area contributed by atoms with Crippen molar-refractivity contribution in [1.82, 2.24) is 0 Å². The molecule has 0 aliphatic carbocycles. The Morgan fingerprint density at radius 2 is 1.61 bits per heavy atom. The van der Waals surface area contributed by atoms with Gasteiger partial charge in [-0.25, -0.2) is 0 Å². The van der Waals surface area contributed by atoms with Gasteiger partial charge in [0.1, 0.15) is 0 Å². The minimum Gasteiger partial charge on any atom is -0.138 e. The predicted molar refractivity (Wildman–Crippen MR) is 107 cm³/mol. The van der Waals surface area contributed by atoms with Gasteiger partial charge in [0.25, 0.3) is 0 Å². The zero-order valence-electron chi connectivity index (χ0n) is 12.6. The summed E-state index contributed by atoms with van der Waals surface area (Å²) >= 11 is 11.8. The molecule has 0 fully saturated rings. The number of aryl methyl sites for hydroxylation is 1. The number of halogens is 2. The van der Waals surface area contributed by atoms with E-state index in [4.69, 9.17) is 11.6 Å². The summed E-state index contributed by atoms with van der Waals surface area (Å²) in [4.78, 5) is 1.25. The normalized spacial score (nSPS) is 11.4. The summed E-state index contributed by atoms with van der Waals surface area (Å²) in [6.45, 7) is 2.18. The van der Waals surface area contributed by atoms with Gasteiger partial charge in [0.2, 0.25) is 0 Å². The number of hydrogen-bond acceptors (Lipinski definition) is 1. The first-order chi connectivity index (χ1) is 11.2. The van der Waals surface area contributed by atoms with Crippen molar-refractivity contribution in [3.05, 3.63) is 69.5 Å². The van der Waals surface area contributed by atoms with Crippen molar-refractivity contribution in [2.24, 2.45) is 0 Å². The molecule has 0 nitrogen and oxygen atoms in total. The van der Waals surface area contributed by atoms with Crippen molar-refractivity contribution < 1.29 is 0 Å². The first-order valence-electron chi connectivity index (χ1n) is 7.46. The van der Waals surface area contributed by atoms with Gasteiger partial charge in [0, 0.05) is 14.7 Å². The zero-order valence-corrected chi connectivity index (χ0v) is 15.7. The fraction of sp³-hybridized carbons (Fsp3) is 0.100. The topological polar surface area (TPSA) is 0 Å². The van der Waals surface area contributed by atoms with Gasteiger partial charge in [-0.2, -0.15) is 0 Å². The molecule has 3 aromatic carbocycles. The van der Waals surface area contributed by atoms with Crippen LogP contribution >= 0.6 is 38.9 Å². The first kappa shape index (κ1) is 15.2. The van der Waals surface area contributed by atoms with Crippen LogP contribution < -0.4 is 0 Å². The maximum atomic E-state index is 6.18. The molecule has 4 rings (SSSR count). The minimum atomic E-state index is 0.558. The molecular weight excluding hydrogens is 388 g/mol. The van der Waals surface area contributed by atoms with Crippen LogP contribution in [0.1, 0.15) is 10.4 Å². The lowest BCUT2D eigenvalue weighted by molar-refractivity contribution is 1.42. The summed E-state index contributed by atoms with van der Waals surface area (Å²) in [6, 6.07) is 19.2. The van der Waals surface area contributed by atoms with E-state index in [0.29, 0.717) is 5.88 Å². The van der Waals surface area contributed by atoms with Gasteiger partial charge in [0.15, 0.2) is 0 Å². The standard InChI is InChI=1S/C20H14BrClS/c1-12-16(11-22)23-20-17(12)18(13-7-3-2-4-8-13)14-9-5-6-10-15(14)19(20)21/h2-10H,11H2,1H3. The summed E-state index contributed by atoms with van der Waals surface area (Å²) in [6.07, 6.45) is 0. The van der Waals surface area contributed by atoms with Crippen molar-refractivity contribution >= 4 is 59.7 Å². The van der Waals surface area contributed by atoms with Gasteiger partial charge in [-0.3, -0.25) is 0 Å². The second kappa shape index (κ2) is 5.94. The van der Waals surface area contributed by atoms with Crippen LogP contribution in [0.4, 0.5) is 0 Å². The van der Waals surface area contributed by atoms with Crippen molar-refractivity contribution in [3.8, 4) is 11.1 Å². The predicted octanol–water partition coefficient (Wildman–Crippen LogP) is 7.53. The fourth-order valence-electron chi connectivity index (χ4n) is 3.20. The molecule has 0 saturated carbocycles. The quantitative estimate of drug-likeness (QED) is 0.304. The molecule has 0 radical (unpaired) electrons. The number of alkyl halides is 1. The Morgan fingerprint density at radius 3 is 2.30 bits per heavy atom. The summed E-state index contributed by atoms with van der Waals surface area (Å²) in [7, 11) is 0. The SMILES string of the molecule is Cc1c(CCl)sc2c(Br)c3ccccc3c(-c3ccccc3)c12. The van der Waals surface area contributed by atoms with E-state index < -0.39 is 0 Å². The van der Waals surface area contributed by atoms with Gasteiger partial charge in [-0.1, -0.05) is 54.6 Å². The van der Waals surface area contributed by atoms with E-state index in [9.17, 15) is 0 Å². The van der Waals surface area contributed by atoms with Gasteiger partial charge < -0.3 is 0 Å². The van der Waals surface area contributed by atoms with Crippen LogP contribution in [0, 0.1) is 6.92 Å². The van der Waals surface area contributed by atoms with E-state index in [2.05, 4.69) is 77.5 Å². The Labute approximate surface area is 152 Å². The van der Waals surface area contributed by atoms with Gasteiger partial charge in [-0.15, -0.1) is 22.9 Å². The molecular formula is C20H14BrClS. The molecule has 114 valence electrons. The maximum Gasteiger partial charge on any atom is 0.0571 e. The Morgan fingerprint density at radius 1 is 0.957 bits per heavy atom. The van der Waals surface area contributed by atoms with Gasteiger partial charge in [0.05, 0.1) is 10.6 Å². The van der Waals surface area contributed by atoms with Crippen LogP contribution in [0.5, 0.6) is 0 Å². The molecule has 0 bridgehead atoms. The third kappa shape index (κ3) is 2.32. The smallest absolute Gasteiger partial charge is 0.0571 e. The highest BCUT2D eigenvalue weighted by molar-refractivity contribution is 9.11. The molecule has 0 saturated heterocycles. The minimum absolute atomic E-state index is 0.558. The van der Waals surface area contributed by atoms with Crippen LogP contribution in [0.3, 0.4) is 0 Å². The average molecular weight is 402 g/mol. The summed E-state index contributed by atoms with van der Waals surface area (Å²) in [5.41, 5.74) is 3.86. The molecule has 0 unspecified atom stereocenters. The van der Waals surface area contributed by atoms with Gasteiger partial charge >= 0.3 is 0 Å². The molecule has 0 atom stereocenters. The third-order valence-electron chi connectivity index (χ3n) is 4.31. The van der Waals surface area contributed by atoms with Crippen LogP contribution in [0.2, 0.25) is 0 Å². The number of thiophene rings is 1. The van der Waals surface area contributed by atoms with Crippen molar-refractivity contribution in [3.63, 3.8) is 0 Å². The van der Waals surface area contributed by atoms with Crippen LogP contribution in [-0.4, -0.2) is 0 Å². The Hall–Kier alpha value is -1.35. The second-order valence-corrected chi connectivity index (χ2v) is 7.75. The summed E-state index contributed by atoms with van der Waals surface area (Å²) < 4.78 is 2.46. The highest BCUT2D eigenvalue weighted by atomic mass is 79.9. The Kier molecular flexibility index (Phi) is 3.92. The third-order valence-corrected chi connectivity index (χ3v) is 7.13. The lowest BCUT2D eigenvalue weighted by Crippen LogP contribution is -1.86. The van der Waals surface area contributed by atoms with E-state index in [1.54, 1.807) is 11.3 Å². The number of fused-ring (bicyclic) bond motifs is 2. The molecule has 1 aromatic heterocycles. The molecule has 1 heterocycles. The fourth-order valence-corrected chi connectivity index (χ4v) is 5.46. The van der Waals surface area contributed by atoms with Crippen LogP contribution in [0.15, 0.2) is 59.1 Å². The summed E-state index contributed by atoms with van der Waals surface area (Å²) in [5, 5.41) is 3.85. The molecule has 4 aromatic rings. The Balaban J connectivity index is 2.28. The molecule has 0 aliphatic heterocycles. The molecule has 0 aliphatic rings. The maximum absolute atomic E-state index is 6.18.